The molecule has 0 aromatic heterocycles. The molecule has 11 heavy (non-hydrogen) atoms. The Morgan fingerprint density at radius 1 is 0.818 bits per heavy atom. The number of halogens is 3. The van der Waals surface area contributed by atoms with Gasteiger partial charge >= 0.3 is 75.7 Å². The number of rotatable bonds is 0. The van der Waals surface area contributed by atoms with Gasteiger partial charge in [0.05, 0.1) is 0 Å². The van der Waals surface area contributed by atoms with Crippen LogP contribution in [0.1, 0.15) is 0 Å². The van der Waals surface area contributed by atoms with E-state index >= 15 is 0 Å². The Labute approximate surface area is 102 Å². The molecule has 0 saturated heterocycles. The van der Waals surface area contributed by atoms with Crippen LogP contribution in [0.15, 0.2) is 0 Å². The molecule has 0 aromatic carbocycles. The fourth-order valence-corrected chi connectivity index (χ4v) is 0. The monoisotopic (exact) mass is 224 g/mol. The predicted octanol–water partition coefficient (Wildman–Crippen LogP) is -2.71. The van der Waals surface area contributed by atoms with Crippen molar-refractivity contribution in [3.05, 3.63) is 0 Å². The SMILES string of the molecule is O=P([O-])([O-])[O-].[F][Mg+].[F][Mg+].[F][Mg+]. The zero-order valence-corrected chi connectivity index (χ0v) is 10.5. The molecule has 0 fully saturated rings. The van der Waals surface area contributed by atoms with Crippen LogP contribution in [0, 0.1) is 0 Å². The average Bonchev–Trinajstić information content (AvgIpc) is 1.96. The maximum absolute atomic E-state index is 9.53. The van der Waals surface area contributed by atoms with Crippen LogP contribution in [-0.2, 0) is 4.57 Å². The summed E-state index contributed by atoms with van der Waals surface area (Å²) in [6.45, 7) is 0. The number of phosphoric acid groups is 1. The summed E-state index contributed by atoms with van der Waals surface area (Å²) in [5, 5.41) is 0. The van der Waals surface area contributed by atoms with Gasteiger partial charge in [0.2, 0.25) is 0 Å². The molecule has 0 spiro atoms. The topological polar surface area (TPSA) is 86.2 Å². The minimum atomic E-state index is -5.39. The van der Waals surface area contributed by atoms with Gasteiger partial charge in [0.1, 0.15) is 0 Å². The number of hydrogen-bond donors (Lipinski definition) is 0. The van der Waals surface area contributed by atoms with Crippen LogP contribution < -0.4 is 14.7 Å². The van der Waals surface area contributed by atoms with Crippen molar-refractivity contribution < 1.29 is 28.1 Å². The van der Waals surface area contributed by atoms with Crippen molar-refractivity contribution in [2.24, 2.45) is 0 Å². The van der Waals surface area contributed by atoms with Gasteiger partial charge in [0, 0.05) is 0 Å². The fraction of sp³-hybridized carbons (Fsp3) is 0. The Balaban J connectivity index is -0.0000000350. The molecule has 0 amide bonds. The average molecular weight is 225 g/mol. The molecule has 11 heteroatoms. The first-order chi connectivity index (χ1) is 5.00. The van der Waals surface area contributed by atoms with E-state index in [1.807, 2.05) is 0 Å². The van der Waals surface area contributed by atoms with E-state index in [1.54, 1.807) is 0 Å². The molecular formula is F3Mg3O4P. The van der Waals surface area contributed by atoms with Crippen molar-refractivity contribution in [1.82, 2.24) is 0 Å². The second-order valence-corrected chi connectivity index (χ2v) is 1.34. The Morgan fingerprint density at radius 3 is 0.818 bits per heavy atom. The van der Waals surface area contributed by atoms with Gasteiger partial charge in [-0.25, -0.2) is 0 Å². The molecule has 0 radical (unpaired) electrons. The summed E-state index contributed by atoms with van der Waals surface area (Å²) < 4.78 is 37.1. The first kappa shape index (κ1) is 23.2. The third-order valence-corrected chi connectivity index (χ3v) is 0. The molecule has 0 aliphatic rings. The molecule has 4 nitrogen and oxygen atoms in total. The fourth-order valence-electron chi connectivity index (χ4n) is 0. The Hall–Kier alpha value is 2.20. The van der Waals surface area contributed by atoms with E-state index in [0.29, 0.717) is 66.8 Å². The summed E-state index contributed by atoms with van der Waals surface area (Å²) in [6, 6.07) is 0. The second-order valence-electron chi connectivity index (χ2n) is 0.447. The van der Waals surface area contributed by atoms with Crippen LogP contribution in [0.25, 0.3) is 0 Å². The second kappa shape index (κ2) is 22.8. The van der Waals surface area contributed by atoms with Crippen molar-refractivity contribution in [1.29, 1.82) is 0 Å². The van der Waals surface area contributed by atoms with Crippen LogP contribution >= 0.6 is 7.82 Å². The summed E-state index contributed by atoms with van der Waals surface area (Å²) in [5.41, 5.74) is 0. The molecular weight excluding hydrogens is 225 g/mol. The summed E-state index contributed by atoms with van der Waals surface area (Å²) in [5.74, 6) is 0. The quantitative estimate of drug-likeness (QED) is 0.331. The molecule has 0 heterocycles. The Kier molecular flexibility index (Phi) is 48.0. The molecule has 56 valence electrons. The number of hydrogen-bond acceptors (Lipinski definition) is 4. The van der Waals surface area contributed by atoms with E-state index in [2.05, 4.69) is 0 Å². The van der Waals surface area contributed by atoms with Crippen LogP contribution in [-0.4, -0.2) is 66.8 Å². The first-order valence-corrected chi connectivity index (χ1v) is 4.60. The molecule has 0 unspecified atom stereocenters. The normalized spacial score (nSPS) is 7.27. The Morgan fingerprint density at radius 2 is 0.818 bits per heavy atom. The van der Waals surface area contributed by atoms with Crippen molar-refractivity contribution in [2.45, 2.75) is 0 Å². The summed E-state index contributed by atoms with van der Waals surface area (Å²) in [4.78, 5) is 25.6. The first-order valence-electron chi connectivity index (χ1n) is 1.53. The van der Waals surface area contributed by atoms with Crippen molar-refractivity contribution in [3.63, 3.8) is 0 Å². The van der Waals surface area contributed by atoms with Gasteiger partial charge in [0.15, 0.2) is 0 Å². The zero-order chi connectivity index (χ0) is 10.5. The summed E-state index contributed by atoms with van der Waals surface area (Å²) >= 11 is 1.08. The van der Waals surface area contributed by atoms with Crippen molar-refractivity contribution >= 4 is 74.6 Å². The molecule has 0 rings (SSSR count). The van der Waals surface area contributed by atoms with E-state index in [9.17, 15) is 8.87 Å². The van der Waals surface area contributed by atoms with E-state index in [4.69, 9.17) is 19.2 Å². The van der Waals surface area contributed by atoms with Crippen LogP contribution in [0.4, 0.5) is 8.87 Å². The van der Waals surface area contributed by atoms with Gasteiger partial charge in [-0.2, -0.15) is 7.82 Å². The van der Waals surface area contributed by atoms with Crippen molar-refractivity contribution in [2.75, 3.05) is 0 Å². The zero-order valence-electron chi connectivity index (χ0n) is 5.34. The molecule has 0 saturated carbocycles. The molecule has 0 aliphatic heterocycles. The molecule has 0 atom stereocenters. The van der Waals surface area contributed by atoms with Gasteiger partial charge in [-0.3, -0.25) is 0 Å². The van der Waals surface area contributed by atoms with Crippen LogP contribution in [0.3, 0.4) is 0 Å². The predicted molar refractivity (Wildman–Crippen MR) is 28.2 cm³/mol. The molecule has 0 N–H and O–H groups in total. The molecule has 0 aliphatic carbocycles. The Bertz CT molecular complexity index is 66.7. The molecule has 0 bridgehead atoms. The van der Waals surface area contributed by atoms with Gasteiger partial charge in [-0.05, 0) is 0 Å². The maximum atomic E-state index is 9.53. The van der Waals surface area contributed by atoms with Gasteiger partial charge in [0.25, 0.3) is 0 Å². The van der Waals surface area contributed by atoms with Crippen LogP contribution in [0.5, 0.6) is 0 Å². The van der Waals surface area contributed by atoms with E-state index in [-0.39, 0.29) is 0 Å². The van der Waals surface area contributed by atoms with E-state index < -0.39 is 7.82 Å². The van der Waals surface area contributed by atoms with Crippen LogP contribution in [0.2, 0.25) is 0 Å². The molecule has 0 aromatic rings. The van der Waals surface area contributed by atoms with E-state index in [0.717, 1.165) is 0 Å². The third kappa shape index (κ3) is 262. The van der Waals surface area contributed by atoms with Gasteiger partial charge in [-0.1, -0.05) is 0 Å². The van der Waals surface area contributed by atoms with Gasteiger partial charge < -0.3 is 19.2 Å². The minimum absolute atomic E-state index is 0.361. The van der Waals surface area contributed by atoms with Crippen molar-refractivity contribution in [3.8, 4) is 0 Å². The van der Waals surface area contributed by atoms with Gasteiger partial charge in [-0.15, -0.1) is 0 Å². The van der Waals surface area contributed by atoms with E-state index in [1.165, 1.54) is 0 Å². The summed E-state index contributed by atoms with van der Waals surface area (Å²) in [6.07, 6.45) is 0. The third-order valence-electron chi connectivity index (χ3n) is 0. The summed E-state index contributed by atoms with van der Waals surface area (Å²) in [7, 11) is -5.39. The standard InChI is InChI=1S/3FH.3Mg.H3O4P/c;;;;;;1-5(2,3)4/h3*1H;;;;(H3,1,2,3,4)/q;;;3*+2;/p-6.